The molecule has 2 atom stereocenters. The van der Waals surface area contributed by atoms with Gasteiger partial charge in [-0.1, -0.05) is 18.2 Å². The van der Waals surface area contributed by atoms with Crippen molar-refractivity contribution in [1.82, 2.24) is 4.90 Å². The number of likely N-dealkylation sites (tertiary alicyclic amines) is 1. The van der Waals surface area contributed by atoms with Gasteiger partial charge in [0.05, 0.1) is 19.2 Å². The largest absolute Gasteiger partial charge is 0.467 e. The number of nitrogens with zero attached hydrogens (tertiary/aromatic N) is 1. The molecule has 0 bridgehead atoms. The Morgan fingerprint density at radius 3 is 2.32 bits per heavy atom. The SMILES string of the molecule is COC(=O)[C@H]1C[C@H](OC(=O)c2ccccc2)CN1C(=O)OC(C)(C)C. The van der Waals surface area contributed by atoms with E-state index in [1.807, 2.05) is 0 Å². The van der Waals surface area contributed by atoms with E-state index < -0.39 is 35.8 Å². The molecular weight excluding hydrogens is 326 g/mol. The fraction of sp³-hybridized carbons (Fsp3) is 0.500. The quantitative estimate of drug-likeness (QED) is 0.616. The summed E-state index contributed by atoms with van der Waals surface area (Å²) >= 11 is 0. The van der Waals surface area contributed by atoms with Gasteiger partial charge in [0.2, 0.25) is 0 Å². The van der Waals surface area contributed by atoms with Crippen LogP contribution in [-0.4, -0.2) is 54.3 Å². The summed E-state index contributed by atoms with van der Waals surface area (Å²) in [6.07, 6.45) is -1.07. The van der Waals surface area contributed by atoms with Crippen LogP contribution in [-0.2, 0) is 19.0 Å². The van der Waals surface area contributed by atoms with Gasteiger partial charge in [-0.3, -0.25) is 4.90 Å². The molecular formula is C18H23NO6. The van der Waals surface area contributed by atoms with E-state index >= 15 is 0 Å². The summed E-state index contributed by atoms with van der Waals surface area (Å²) in [7, 11) is 1.25. The number of methoxy groups -OCH3 is 1. The van der Waals surface area contributed by atoms with E-state index in [1.54, 1.807) is 51.1 Å². The lowest BCUT2D eigenvalue weighted by molar-refractivity contribution is -0.145. The monoisotopic (exact) mass is 349 g/mol. The zero-order valence-corrected chi connectivity index (χ0v) is 14.9. The van der Waals surface area contributed by atoms with Crippen LogP contribution in [0.1, 0.15) is 37.6 Å². The van der Waals surface area contributed by atoms with Crippen LogP contribution in [0.2, 0.25) is 0 Å². The molecule has 0 aromatic heterocycles. The van der Waals surface area contributed by atoms with E-state index in [-0.39, 0.29) is 13.0 Å². The van der Waals surface area contributed by atoms with E-state index in [1.165, 1.54) is 12.0 Å². The van der Waals surface area contributed by atoms with E-state index in [0.29, 0.717) is 5.56 Å². The molecule has 25 heavy (non-hydrogen) atoms. The van der Waals surface area contributed by atoms with E-state index in [9.17, 15) is 14.4 Å². The number of hydrogen-bond acceptors (Lipinski definition) is 6. The molecule has 1 amide bonds. The van der Waals surface area contributed by atoms with Crippen LogP contribution in [0.15, 0.2) is 30.3 Å². The molecule has 0 aliphatic carbocycles. The molecule has 1 aliphatic rings. The summed E-state index contributed by atoms with van der Waals surface area (Å²) in [5.41, 5.74) is -0.288. The molecule has 136 valence electrons. The molecule has 1 fully saturated rings. The molecule has 0 saturated carbocycles. The Kier molecular flexibility index (Phi) is 5.66. The molecule has 7 heteroatoms. The summed E-state index contributed by atoms with van der Waals surface area (Å²) in [6.45, 7) is 5.29. The molecule has 0 N–H and O–H groups in total. The minimum absolute atomic E-state index is 0.0766. The summed E-state index contributed by atoms with van der Waals surface area (Å²) in [4.78, 5) is 37.8. The second-order valence-corrected chi connectivity index (χ2v) is 6.80. The molecule has 2 rings (SSSR count). The Labute approximate surface area is 146 Å². The molecule has 1 heterocycles. The summed E-state index contributed by atoms with van der Waals surface area (Å²) in [5, 5.41) is 0. The molecule has 0 spiro atoms. The van der Waals surface area contributed by atoms with Crippen molar-refractivity contribution in [2.24, 2.45) is 0 Å². The van der Waals surface area contributed by atoms with Crippen LogP contribution >= 0.6 is 0 Å². The number of carbonyl (C=O) groups is 3. The van der Waals surface area contributed by atoms with Gasteiger partial charge in [0, 0.05) is 6.42 Å². The number of rotatable bonds is 3. The first-order valence-corrected chi connectivity index (χ1v) is 8.04. The Balaban J connectivity index is 2.08. The smallest absolute Gasteiger partial charge is 0.411 e. The maximum Gasteiger partial charge on any atom is 0.411 e. The summed E-state index contributed by atoms with van der Waals surface area (Å²) < 4.78 is 15.5. The first-order chi connectivity index (χ1) is 11.7. The number of ether oxygens (including phenoxy) is 3. The minimum atomic E-state index is -0.839. The van der Waals surface area contributed by atoms with Gasteiger partial charge in [0.15, 0.2) is 0 Å². The van der Waals surface area contributed by atoms with Gasteiger partial charge in [-0.05, 0) is 32.9 Å². The third kappa shape index (κ3) is 4.95. The van der Waals surface area contributed by atoms with Gasteiger partial charge in [-0.15, -0.1) is 0 Å². The molecule has 1 saturated heterocycles. The lowest BCUT2D eigenvalue weighted by Crippen LogP contribution is -2.44. The molecule has 1 aromatic carbocycles. The number of benzene rings is 1. The first kappa shape index (κ1) is 18.8. The Morgan fingerprint density at radius 1 is 1.12 bits per heavy atom. The highest BCUT2D eigenvalue weighted by atomic mass is 16.6. The summed E-state index contributed by atoms with van der Waals surface area (Å²) in [6, 6.07) is 7.70. The Morgan fingerprint density at radius 2 is 1.76 bits per heavy atom. The third-order valence-corrected chi connectivity index (χ3v) is 3.65. The van der Waals surface area contributed by atoms with E-state index in [0.717, 1.165) is 0 Å². The van der Waals surface area contributed by atoms with Crippen molar-refractivity contribution in [2.75, 3.05) is 13.7 Å². The van der Waals surface area contributed by atoms with Crippen molar-refractivity contribution in [2.45, 2.75) is 44.9 Å². The molecule has 0 radical (unpaired) electrons. The van der Waals surface area contributed by atoms with Crippen molar-refractivity contribution >= 4 is 18.0 Å². The molecule has 1 aromatic rings. The van der Waals surface area contributed by atoms with Gasteiger partial charge in [-0.2, -0.15) is 0 Å². The summed E-state index contributed by atoms with van der Waals surface area (Å²) in [5.74, 6) is -1.07. The van der Waals surface area contributed by atoms with Crippen molar-refractivity contribution < 1.29 is 28.6 Å². The minimum Gasteiger partial charge on any atom is -0.467 e. The van der Waals surface area contributed by atoms with Gasteiger partial charge >= 0.3 is 18.0 Å². The van der Waals surface area contributed by atoms with Crippen LogP contribution in [0.5, 0.6) is 0 Å². The van der Waals surface area contributed by atoms with Crippen LogP contribution in [0, 0.1) is 0 Å². The second-order valence-electron chi connectivity index (χ2n) is 6.80. The van der Waals surface area contributed by atoms with Crippen molar-refractivity contribution in [1.29, 1.82) is 0 Å². The third-order valence-electron chi connectivity index (χ3n) is 3.65. The maximum atomic E-state index is 12.3. The fourth-order valence-corrected chi connectivity index (χ4v) is 2.56. The number of amides is 1. The highest BCUT2D eigenvalue weighted by molar-refractivity contribution is 5.89. The number of carbonyl (C=O) groups excluding carboxylic acids is 3. The lowest BCUT2D eigenvalue weighted by Gasteiger charge is -2.27. The standard InChI is InChI=1S/C18H23NO6/c1-18(2,3)25-17(22)19-11-13(10-14(19)16(21)23-4)24-15(20)12-8-6-5-7-9-12/h5-9,13-14H,10-11H2,1-4H3/t13-,14+/m0/s1. The maximum absolute atomic E-state index is 12.3. The van der Waals surface area contributed by atoms with Crippen LogP contribution in [0.3, 0.4) is 0 Å². The van der Waals surface area contributed by atoms with Crippen LogP contribution in [0.4, 0.5) is 4.79 Å². The topological polar surface area (TPSA) is 82.1 Å². The Bertz CT molecular complexity index is 637. The zero-order chi connectivity index (χ0) is 18.6. The van der Waals surface area contributed by atoms with Crippen molar-refractivity contribution in [3.8, 4) is 0 Å². The highest BCUT2D eigenvalue weighted by Gasteiger charge is 2.43. The predicted octanol–water partition coefficient (Wildman–Crippen LogP) is 2.39. The number of esters is 2. The second kappa shape index (κ2) is 7.55. The molecule has 7 nitrogen and oxygen atoms in total. The van der Waals surface area contributed by atoms with Crippen LogP contribution < -0.4 is 0 Å². The number of hydrogen-bond donors (Lipinski definition) is 0. The van der Waals surface area contributed by atoms with E-state index in [2.05, 4.69) is 0 Å². The van der Waals surface area contributed by atoms with Gasteiger partial charge in [-0.25, -0.2) is 14.4 Å². The molecule has 0 unspecified atom stereocenters. The van der Waals surface area contributed by atoms with Crippen molar-refractivity contribution in [3.05, 3.63) is 35.9 Å². The zero-order valence-electron chi connectivity index (χ0n) is 14.9. The van der Waals surface area contributed by atoms with Crippen LogP contribution in [0.25, 0.3) is 0 Å². The van der Waals surface area contributed by atoms with Gasteiger partial charge in [0.1, 0.15) is 17.7 Å². The normalized spacial score (nSPS) is 20.1. The van der Waals surface area contributed by atoms with Crippen molar-refractivity contribution in [3.63, 3.8) is 0 Å². The first-order valence-electron chi connectivity index (χ1n) is 8.04. The predicted molar refractivity (Wildman–Crippen MR) is 89.0 cm³/mol. The fourth-order valence-electron chi connectivity index (χ4n) is 2.56. The average Bonchev–Trinajstić information content (AvgIpc) is 2.97. The average molecular weight is 349 g/mol. The highest BCUT2D eigenvalue weighted by Crippen LogP contribution is 2.25. The van der Waals surface area contributed by atoms with E-state index in [4.69, 9.17) is 14.2 Å². The molecule has 1 aliphatic heterocycles. The van der Waals surface area contributed by atoms with Gasteiger partial charge in [0.25, 0.3) is 0 Å². The Hall–Kier alpha value is -2.57. The van der Waals surface area contributed by atoms with Gasteiger partial charge < -0.3 is 14.2 Å². The lowest BCUT2D eigenvalue weighted by atomic mass is 10.2.